The first-order valence-electron chi connectivity index (χ1n) is 18.8. The minimum absolute atomic E-state index is 0.543. The molecule has 0 atom stereocenters. The van der Waals surface area contributed by atoms with Gasteiger partial charge in [-0.1, -0.05) is 158 Å². The van der Waals surface area contributed by atoms with E-state index < -0.39 is 0 Å². The summed E-state index contributed by atoms with van der Waals surface area (Å²) in [5, 5.41) is 12.2. The first-order valence-corrected chi connectivity index (χ1v) is 18.8. The van der Waals surface area contributed by atoms with E-state index in [1.807, 2.05) is 115 Å². The van der Waals surface area contributed by atoms with Gasteiger partial charge in [-0.2, -0.15) is 5.26 Å². The molecule has 5 heteroatoms. The monoisotopic (exact) mass is 728 g/mol. The van der Waals surface area contributed by atoms with Gasteiger partial charge in [-0.3, -0.25) is 0 Å². The highest BCUT2D eigenvalue weighted by Gasteiger charge is 2.18. The summed E-state index contributed by atoms with van der Waals surface area (Å²) in [5.74, 6) is 1.67. The molecule has 0 aliphatic heterocycles. The Morgan fingerprint density at radius 3 is 1.56 bits per heavy atom. The molecule has 5 nitrogen and oxygen atoms in total. The fraction of sp³-hybridized carbons (Fsp3) is 0. The molecular formula is C52H32N4O. The smallest absolute Gasteiger partial charge is 0.164 e. The van der Waals surface area contributed by atoms with E-state index in [0.717, 1.165) is 72.0 Å². The van der Waals surface area contributed by atoms with Crippen LogP contribution in [0.15, 0.2) is 199 Å². The van der Waals surface area contributed by atoms with E-state index in [4.69, 9.17) is 19.4 Å². The summed E-state index contributed by atoms with van der Waals surface area (Å²) in [7, 11) is 0. The van der Waals surface area contributed by atoms with Crippen molar-refractivity contribution in [3.05, 3.63) is 200 Å². The van der Waals surface area contributed by atoms with Crippen LogP contribution in [0.5, 0.6) is 0 Å². The lowest BCUT2D eigenvalue weighted by Crippen LogP contribution is -2.00. The third kappa shape index (κ3) is 6.42. The van der Waals surface area contributed by atoms with Crippen molar-refractivity contribution in [2.45, 2.75) is 0 Å². The van der Waals surface area contributed by atoms with Gasteiger partial charge in [0.1, 0.15) is 11.2 Å². The number of rotatable bonds is 7. The van der Waals surface area contributed by atoms with E-state index in [0.29, 0.717) is 23.0 Å². The molecule has 57 heavy (non-hydrogen) atoms. The lowest BCUT2D eigenvalue weighted by atomic mass is 9.95. The van der Waals surface area contributed by atoms with Gasteiger partial charge < -0.3 is 4.42 Å². The van der Waals surface area contributed by atoms with Crippen LogP contribution in [-0.2, 0) is 0 Å². The Labute approximate surface area is 329 Å². The lowest BCUT2D eigenvalue weighted by molar-refractivity contribution is 0.669. The number of fused-ring (bicyclic) bond motifs is 3. The Bertz CT molecular complexity index is 3130. The minimum Gasteiger partial charge on any atom is -0.456 e. The molecule has 0 aliphatic carbocycles. The van der Waals surface area contributed by atoms with Crippen LogP contribution in [0.2, 0.25) is 0 Å². The number of furan rings is 1. The van der Waals surface area contributed by atoms with Crippen LogP contribution in [0, 0.1) is 11.3 Å². The van der Waals surface area contributed by atoms with Crippen LogP contribution in [0.4, 0.5) is 0 Å². The summed E-state index contributed by atoms with van der Waals surface area (Å²) < 4.78 is 6.55. The molecule has 266 valence electrons. The van der Waals surface area contributed by atoms with Gasteiger partial charge in [0, 0.05) is 27.5 Å². The minimum atomic E-state index is 0.543. The fourth-order valence-corrected chi connectivity index (χ4v) is 7.58. The lowest BCUT2D eigenvalue weighted by Gasteiger charge is -2.11. The van der Waals surface area contributed by atoms with Crippen molar-refractivity contribution in [2.24, 2.45) is 0 Å². The molecule has 10 aromatic rings. The standard InChI is InChI=1S/C52H32N4O/c53-33-43-31-39(25-27-44(43)35-15-6-2-7-16-35)38-20-11-22-41(30-38)51-54-50(36-17-8-3-9-18-36)55-52(56-51)42-26-28-46-48(32-42)57-47-24-12-23-45(49(46)47)40-21-10-19-37(29-40)34-13-4-1-5-14-34/h1-32H. The normalized spacial score (nSPS) is 11.1. The summed E-state index contributed by atoms with van der Waals surface area (Å²) in [6.07, 6.45) is 0. The van der Waals surface area contributed by atoms with E-state index in [1.54, 1.807) is 0 Å². The number of nitriles is 1. The van der Waals surface area contributed by atoms with Crippen molar-refractivity contribution in [3.63, 3.8) is 0 Å². The Balaban J connectivity index is 1.06. The second-order valence-corrected chi connectivity index (χ2v) is 13.9. The molecule has 0 unspecified atom stereocenters. The van der Waals surface area contributed by atoms with Gasteiger partial charge in [0.15, 0.2) is 17.5 Å². The molecule has 0 bridgehead atoms. The van der Waals surface area contributed by atoms with Crippen molar-refractivity contribution in [2.75, 3.05) is 0 Å². The second-order valence-electron chi connectivity index (χ2n) is 13.9. The predicted molar refractivity (Wildman–Crippen MR) is 230 cm³/mol. The van der Waals surface area contributed by atoms with Crippen LogP contribution in [0.25, 0.3) is 101 Å². The van der Waals surface area contributed by atoms with Crippen molar-refractivity contribution in [1.29, 1.82) is 5.26 Å². The van der Waals surface area contributed by atoms with Gasteiger partial charge in [-0.25, -0.2) is 15.0 Å². The zero-order chi connectivity index (χ0) is 38.1. The maximum Gasteiger partial charge on any atom is 0.164 e. The largest absolute Gasteiger partial charge is 0.456 e. The fourth-order valence-electron chi connectivity index (χ4n) is 7.58. The third-order valence-electron chi connectivity index (χ3n) is 10.4. The average molecular weight is 729 g/mol. The first-order chi connectivity index (χ1) is 28.2. The van der Waals surface area contributed by atoms with Crippen LogP contribution in [0.3, 0.4) is 0 Å². The summed E-state index contributed by atoms with van der Waals surface area (Å²) >= 11 is 0. The molecule has 0 aliphatic rings. The molecule has 0 saturated carbocycles. The first kappa shape index (κ1) is 33.6. The maximum atomic E-state index is 10.1. The molecule has 0 fully saturated rings. The molecular weight excluding hydrogens is 697 g/mol. The quantitative estimate of drug-likeness (QED) is 0.163. The van der Waals surface area contributed by atoms with Crippen molar-refractivity contribution >= 4 is 21.9 Å². The summed E-state index contributed by atoms with van der Waals surface area (Å²) in [6, 6.07) is 68.1. The van der Waals surface area contributed by atoms with Crippen molar-refractivity contribution in [3.8, 4) is 84.7 Å². The van der Waals surface area contributed by atoms with Crippen LogP contribution in [0.1, 0.15) is 5.56 Å². The molecule has 0 radical (unpaired) electrons. The highest BCUT2D eigenvalue weighted by Crippen LogP contribution is 2.39. The second kappa shape index (κ2) is 14.4. The molecule has 0 spiro atoms. The highest BCUT2D eigenvalue weighted by molar-refractivity contribution is 6.13. The topological polar surface area (TPSA) is 75.6 Å². The Kier molecular flexibility index (Phi) is 8.48. The number of benzene rings is 8. The highest BCUT2D eigenvalue weighted by atomic mass is 16.3. The Hall–Kier alpha value is -7.94. The Morgan fingerprint density at radius 1 is 0.351 bits per heavy atom. The van der Waals surface area contributed by atoms with E-state index >= 15 is 0 Å². The van der Waals surface area contributed by atoms with Gasteiger partial charge >= 0.3 is 0 Å². The van der Waals surface area contributed by atoms with E-state index in [9.17, 15) is 5.26 Å². The predicted octanol–water partition coefficient (Wildman–Crippen LogP) is 13.3. The van der Waals surface area contributed by atoms with Gasteiger partial charge in [0.25, 0.3) is 0 Å². The number of hydrogen-bond donors (Lipinski definition) is 0. The van der Waals surface area contributed by atoms with Gasteiger partial charge in [-0.05, 0) is 80.9 Å². The molecule has 2 aromatic heterocycles. The molecule has 8 aromatic carbocycles. The molecule has 10 rings (SSSR count). The molecule has 0 saturated heterocycles. The van der Waals surface area contributed by atoms with Crippen LogP contribution < -0.4 is 0 Å². The zero-order valence-corrected chi connectivity index (χ0v) is 30.7. The van der Waals surface area contributed by atoms with E-state index in [2.05, 4.69) is 84.9 Å². The van der Waals surface area contributed by atoms with Crippen molar-refractivity contribution in [1.82, 2.24) is 15.0 Å². The Morgan fingerprint density at radius 2 is 0.860 bits per heavy atom. The summed E-state index contributed by atoms with van der Waals surface area (Å²) in [5.41, 5.74) is 13.1. The maximum absolute atomic E-state index is 10.1. The van der Waals surface area contributed by atoms with Crippen LogP contribution >= 0.6 is 0 Å². The number of aromatic nitrogens is 3. The van der Waals surface area contributed by atoms with Gasteiger partial charge in [0.05, 0.1) is 11.6 Å². The van der Waals surface area contributed by atoms with E-state index in [-0.39, 0.29) is 0 Å². The van der Waals surface area contributed by atoms with Crippen LogP contribution in [-0.4, -0.2) is 15.0 Å². The molecule has 2 heterocycles. The molecule has 0 N–H and O–H groups in total. The third-order valence-corrected chi connectivity index (χ3v) is 10.4. The average Bonchev–Trinajstić information content (AvgIpc) is 3.68. The number of nitrogens with zero attached hydrogens (tertiary/aromatic N) is 4. The number of hydrogen-bond acceptors (Lipinski definition) is 5. The summed E-state index contributed by atoms with van der Waals surface area (Å²) in [6.45, 7) is 0. The van der Waals surface area contributed by atoms with Crippen molar-refractivity contribution < 1.29 is 4.42 Å². The SMILES string of the molecule is N#Cc1cc(-c2cccc(-c3nc(-c4ccccc4)nc(-c4ccc5c(c4)oc4cccc(-c6cccc(-c7ccccc7)c6)c45)n3)c2)ccc1-c1ccccc1. The van der Waals surface area contributed by atoms with Gasteiger partial charge in [-0.15, -0.1) is 0 Å². The molecule has 0 amide bonds. The van der Waals surface area contributed by atoms with E-state index in [1.165, 1.54) is 11.1 Å². The van der Waals surface area contributed by atoms with Gasteiger partial charge in [0.2, 0.25) is 0 Å². The summed E-state index contributed by atoms with van der Waals surface area (Å²) in [4.78, 5) is 15.1. The zero-order valence-electron chi connectivity index (χ0n) is 30.7.